The van der Waals surface area contributed by atoms with Crippen LogP contribution in [0.25, 0.3) is 22.3 Å². The van der Waals surface area contributed by atoms with Crippen molar-refractivity contribution in [3.8, 4) is 0 Å². The maximum atomic E-state index is 13.3. The number of imidazole rings is 2. The van der Waals surface area contributed by atoms with Gasteiger partial charge in [-0.3, -0.25) is 56.2 Å². The Morgan fingerprint density at radius 2 is 0.958 bits per heavy atom. The fourth-order valence-electron chi connectivity index (χ4n) is 12.7. The Balaban J connectivity index is 0.640. The van der Waals surface area contributed by atoms with Gasteiger partial charge in [0.1, 0.15) is 84.1 Å². The van der Waals surface area contributed by atoms with E-state index in [4.69, 9.17) is 20.9 Å². The number of aryl methyl sites for hydroxylation is 2. The molecule has 2 aliphatic heterocycles. The molecule has 0 spiro atoms. The van der Waals surface area contributed by atoms with Crippen molar-refractivity contribution in [3.05, 3.63) is 60.7 Å². The van der Waals surface area contributed by atoms with E-state index in [-0.39, 0.29) is 97.4 Å². The van der Waals surface area contributed by atoms with E-state index in [1.165, 1.54) is 27.7 Å². The topological polar surface area (TPSA) is 750 Å². The Labute approximate surface area is 673 Å². The van der Waals surface area contributed by atoms with Crippen LogP contribution in [0.5, 0.6) is 0 Å². The van der Waals surface area contributed by atoms with Gasteiger partial charge in [0.2, 0.25) is 23.6 Å². The molecule has 0 radical (unpaired) electrons. The lowest BCUT2D eigenvalue weighted by atomic mass is 9.81. The summed E-state index contributed by atoms with van der Waals surface area (Å²) in [5.74, 6) is -3.51. The van der Waals surface area contributed by atoms with Gasteiger partial charge in [-0.15, -0.1) is 0 Å². The molecule has 3 aliphatic rings. The Morgan fingerprint density at radius 3 is 1.37 bits per heavy atom. The number of ketones is 2. The lowest BCUT2D eigenvalue weighted by Gasteiger charge is -2.36. The second-order valence-corrected chi connectivity index (χ2v) is 38.3. The lowest BCUT2D eigenvalue weighted by Crippen LogP contribution is -2.46. The SMILES string of the molecule is CC(C)(CCCCc1cccc(CCCCC2(C(=O)CCNC(=O)CCNC(=O)C(O)C(C)(C)COP(=O)([O-])OP(=O)([O-])OCC3OC(n4cnc5c(N)ncnc54)C(O)C3OP(=O)([O-])[O-])CC2)c1)C(=O)CCNC(=O)CCNC(=O)C(O)C(C)(C)COP(=O)([O-])OP(=O)([O-])OCC1OC(n2cnc3c(N)ncnc32)C(O)C1OP(=O)([O-])[O-]. The molecule has 8 rings (SSSR count). The number of hydrogen-bond donors (Lipinski definition) is 10. The molecule has 4 aromatic heterocycles. The molecule has 48 nitrogen and oxygen atoms in total. The van der Waals surface area contributed by atoms with Crippen molar-refractivity contribution in [3.63, 3.8) is 0 Å². The molecule has 1 aliphatic carbocycles. The summed E-state index contributed by atoms with van der Waals surface area (Å²) in [6.45, 7) is 3.00. The van der Waals surface area contributed by atoms with Crippen LogP contribution in [0.3, 0.4) is 0 Å². The normalized spacial score (nSPS) is 22.4. The number of carbonyl (C=O) groups excluding carboxylic acids is 6. The predicted octanol–water partition coefficient (Wildman–Crippen LogP) is -3.38. The van der Waals surface area contributed by atoms with Crippen LogP contribution in [-0.4, -0.2) is 196 Å². The smallest absolute Gasteiger partial charge is 0.274 e. The fourth-order valence-corrected chi connectivity index (χ4v) is 18.1. The Bertz CT molecular complexity index is 4410. The molecule has 118 heavy (non-hydrogen) atoms. The maximum Gasteiger partial charge on any atom is 0.274 e. The molecule has 54 heteroatoms. The summed E-state index contributed by atoms with van der Waals surface area (Å²) < 4.78 is 123. The van der Waals surface area contributed by atoms with Crippen LogP contribution >= 0.6 is 46.9 Å². The summed E-state index contributed by atoms with van der Waals surface area (Å²) in [6, 6.07) is 8.16. The van der Waals surface area contributed by atoms with Crippen LogP contribution in [-0.2, 0) is 114 Å². The highest BCUT2D eigenvalue weighted by molar-refractivity contribution is 7.60. The summed E-state index contributed by atoms with van der Waals surface area (Å²) in [5.41, 5.74) is 8.99. The van der Waals surface area contributed by atoms with E-state index in [0.29, 0.717) is 12.8 Å². The average molecular weight is 1790 g/mol. The minimum atomic E-state index is -5.99. The largest absolute Gasteiger partial charge is 0.790 e. The zero-order chi connectivity index (χ0) is 87.4. The minimum Gasteiger partial charge on any atom is -0.790 e. The molecule has 1 saturated carbocycles. The number of aliphatic hydroxyl groups is 4. The molecule has 660 valence electrons. The van der Waals surface area contributed by atoms with Crippen LogP contribution in [0, 0.1) is 21.7 Å². The predicted molar refractivity (Wildman–Crippen MR) is 388 cm³/mol. The highest BCUT2D eigenvalue weighted by Crippen LogP contribution is 2.58. The van der Waals surface area contributed by atoms with Crippen LogP contribution in [0.15, 0.2) is 49.6 Å². The number of phosphoric ester groups is 6. The van der Waals surface area contributed by atoms with E-state index in [1.54, 1.807) is 0 Å². The molecule has 4 amide bonds. The molecule has 2 saturated heterocycles. The number of phosphoric acid groups is 6. The van der Waals surface area contributed by atoms with Crippen molar-refractivity contribution >= 4 is 116 Å². The zero-order valence-electron chi connectivity index (χ0n) is 64.4. The van der Waals surface area contributed by atoms with Crippen molar-refractivity contribution in [1.82, 2.24) is 60.3 Å². The van der Waals surface area contributed by atoms with Gasteiger partial charge in [-0.25, -0.2) is 38.5 Å². The first-order valence-corrected chi connectivity index (χ1v) is 45.4. The molecule has 1 aromatic carbocycles. The number of anilines is 2. The number of amides is 4. The molecule has 5 aromatic rings. The second-order valence-electron chi connectivity index (χ2n) is 30.2. The first kappa shape index (κ1) is 97.1. The summed E-state index contributed by atoms with van der Waals surface area (Å²) in [4.78, 5) is 198. The van der Waals surface area contributed by atoms with E-state index >= 15 is 0 Å². The number of nitrogens with two attached hydrogens (primary N) is 2. The molecule has 14 atom stereocenters. The molecule has 3 fully saturated rings. The number of carbonyl (C=O) groups is 6. The van der Waals surface area contributed by atoms with Gasteiger partial charge in [-0.2, -0.15) is 0 Å². The molecular formula is C64H92N14O34P6-8. The summed E-state index contributed by atoms with van der Waals surface area (Å²) in [5, 5.41) is 53.3. The first-order chi connectivity index (χ1) is 54.8. The number of unbranched alkanes of at least 4 members (excludes halogenated alkanes) is 2. The number of rotatable bonds is 50. The molecule has 6 heterocycles. The first-order valence-electron chi connectivity index (χ1n) is 36.6. The van der Waals surface area contributed by atoms with Gasteiger partial charge in [0, 0.05) is 73.5 Å². The van der Waals surface area contributed by atoms with Crippen molar-refractivity contribution in [1.29, 1.82) is 0 Å². The van der Waals surface area contributed by atoms with Gasteiger partial charge in [-0.1, -0.05) is 78.6 Å². The van der Waals surface area contributed by atoms with Crippen LogP contribution in [0.2, 0.25) is 0 Å². The van der Waals surface area contributed by atoms with E-state index in [0.717, 1.165) is 96.9 Å². The molecular weight excluding hydrogens is 1690 g/mol. The second kappa shape index (κ2) is 40.3. The quantitative estimate of drug-likeness (QED) is 0.0134. The van der Waals surface area contributed by atoms with Crippen LogP contribution in [0.1, 0.15) is 142 Å². The zero-order valence-corrected chi connectivity index (χ0v) is 69.8. The Kier molecular flexibility index (Phi) is 33.2. The van der Waals surface area contributed by atoms with E-state index in [2.05, 4.69) is 93.0 Å². The van der Waals surface area contributed by atoms with Crippen molar-refractivity contribution in [2.75, 3.05) is 64.1 Å². The molecule has 0 bridgehead atoms. The number of ether oxygens (including phenoxy) is 2. The number of nitrogen functional groups attached to an aromatic ring is 2. The van der Waals surface area contributed by atoms with Crippen molar-refractivity contribution < 1.29 is 161 Å². The van der Waals surface area contributed by atoms with Crippen molar-refractivity contribution in [2.24, 2.45) is 21.7 Å². The van der Waals surface area contributed by atoms with Gasteiger partial charge in [0.15, 0.2) is 35.4 Å². The molecule has 12 N–H and O–H groups in total. The summed E-state index contributed by atoms with van der Waals surface area (Å²) >= 11 is 0. The third kappa shape index (κ3) is 28.1. The van der Waals surface area contributed by atoms with Gasteiger partial charge in [0.05, 0.1) is 54.7 Å². The standard InChI is InChI=1S/C64H100N14O34P6/c1-61(2,41(79)16-24-67-43(81)18-26-69-57(87)51(85)62(3,4)31-105-117(99,100)111-115(95,96)103-29-39-49(109-113(89,90)91)47(83)59(107-39)77-35-75-45-53(65)71-33-73-55(45)77)20-9-7-12-37-14-11-15-38(28-37)13-8-10-21-64(22-23-64)42(80)17-25-68-44(82)19-27-70-58(88)52(86)63(5,6)32-106-118(101,102)112-116(97,98)104-30-40-50(110-114(92,93)94)48(84)60(108-40)78-36-76-46-54(66)72-34-74-56(46)78/h11,14-15,28,33-36,39-40,47-52,59-60,83-86H,7-10,12-13,16-27,29-32H2,1-6H3,(H,67,81)(H,68,82)(H,69,87)(H,70,88)(H,95,96)(H,97,98)(H,99,100)(H,101,102)(H2,65,71,73)(H2,66,72,74)(H2,89,90,91)(H2,92,93,94)/p-8. The van der Waals surface area contributed by atoms with Crippen LogP contribution < -0.4 is 71.9 Å². The van der Waals surface area contributed by atoms with E-state index in [1.807, 2.05) is 32.0 Å². The number of nitrogens with one attached hydrogen (secondary N) is 4. The number of hydrogen-bond acceptors (Lipinski definition) is 42. The maximum absolute atomic E-state index is 13.3. The highest BCUT2D eigenvalue weighted by atomic mass is 31.3. The Morgan fingerprint density at radius 1 is 0.559 bits per heavy atom. The lowest BCUT2D eigenvalue weighted by molar-refractivity contribution is -0.348. The minimum absolute atomic E-state index is 0.00955. The van der Waals surface area contributed by atoms with Gasteiger partial charge in [-0.05, 0) is 62.5 Å². The highest BCUT2D eigenvalue weighted by Gasteiger charge is 2.51. The third-order valence-corrected chi connectivity index (χ3v) is 25.6. The number of aromatic nitrogens is 8. The number of aliphatic hydroxyl groups excluding tert-OH is 4. The Hall–Kier alpha value is -6.36. The van der Waals surface area contributed by atoms with Gasteiger partial charge in [0.25, 0.3) is 31.3 Å². The third-order valence-electron chi connectivity index (χ3n) is 19.5. The number of Topliss-reactive ketones (excluding diaryl/α,β-unsaturated/α-hetero) is 2. The summed E-state index contributed by atoms with van der Waals surface area (Å²) in [7, 11) is -35.6. The van der Waals surface area contributed by atoms with Gasteiger partial charge < -0.3 is 138 Å². The van der Waals surface area contributed by atoms with E-state index < -0.39 is 180 Å². The average Bonchev–Trinajstić information content (AvgIpc) is 1.62. The van der Waals surface area contributed by atoms with Crippen LogP contribution in [0.4, 0.5) is 11.6 Å². The monoisotopic (exact) mass is 1790 g/mol. The number of fused-ring (bicyclic) bond motifs is 2. The fraction of sp³-hybridized carbons (Fsp3) is 0.656. The van der Waals surface area contributed by atoms with Gasteiger partial charge >= 0.3 is 0 Å². The number of nitrogens with zero attached hydrogens (tertiary/aromatic N) is 8. The van der Waals surface area contributed by atoms with E-state index in [9.17, 15) is 116 Å². The summed E-state index contributed by atoms with van der Waals surface area (Å²) in [6.07, 6.45) is -8.53. The number of benzene rings is 1. The van der Waals surface area contributed by atoms with Crippen molar-refractivity contribution in [2.45, 2.75) is 193 Å². The molecule has 14 unspecified atom stereocenters.